The molecule has 0 saturated heterocycles. The zero-order valence-corrected chi connectivity index (χ0v) is 11.8. The molecule has 0 spiro atoms. The molecule has 0 aromatic carbocycles. The largest absolute Gasteiger partial charge is 0.381 e. The number of hydrogen-bond donors (Lipinski definition) is 1. The monoisotopic (exact) mass is 254 g/mol. The van der Waals surface area contributed by atoms with E-state index < -0.39 is 0 Å². The van der Waals surface area contributed by atoms with E-state index in [9.17, 15) is 0 Å². The second-order valence-corrected chi connectivity index (χ2v) is 6.17. The number of ether oxygens (including phenoxy) is 1. The van der Waals surface area contributed by atoms with E-state index in [1.165, 1.54) is 10.6 Å². The Kier molecular flexibility index (Phi) is 3.85. The Hall–Kier alpha value is -0.450. The van der Waals surface area contributed by atoms with Crippen LogP contribution in [0.25, 0.3) is 0 Å². The van der Waals surface area contributed by atoms with Crippen LogP contribution in [0.1, 0.15) is 48.2 Å². The van der Waals surface area contributed by atoms with Crippen LogP contribution >= 0.6 is 11.3 Å². The molecule has 1 aliphatic carbocycles. The van der Waals surface area contributed by atoms with Crippen LogP contribution in [-0.4, -0.2) is 18.2 Å². The predicted octanol–water partition coefficient (Wildman–Crippen LogP) is 2.76. The Bertz CT molecular complexity index is 381. The van der Waals surface area contributed by atoms with Gasteiger partial charge in [0.05, 0.1) is 17.3 Å². The highest BCUT2D eigenvalue weighted by Crippen LogP contribution is 2.38. The third-order valence-electron chi connectivity index (χ3n) is 3.81. The number of methoxy groups -OCH3 is 1. The number of rotatable bonds is 3. The summed E-state index contributed by atoms with van der Waals surface area (Å²) in [5.41, 5.74) is 7.53. The summed E-state index contributed by atoms with van der Waals surface area (Å²) in [6.45, 7) is 4.29. The standard InChI is InChI=1S/C13H22N2OS/c1-4-11-9(2)17-12(15-11)13(14)7-5-10(16-3)6-8-13/h10H,4-8,14H2,1-3H3. The number of nitrogens with zero attached hydrogens (tertiary/aromatic N) is 1. The first-order chi connectivity index (χ1) is 8.09. The van der Waals surface area contributed by atoms with Crippen LogP contribution in [0, 0.1) is 6.92 Å². The number of aryl methyl sites for hydroxylation is 2. The smallest absolute Gasteiger partial charge is 0.113 e. The minimum atomic E-state index is -0.210. The second kappa shape index (κ2) is 5.04. The molecule has 2 rings (SSSR count). The summed E-state index contributed by atoms with van der Waals surface area (Å²) >= 11 is 1.78. The minimum Gasteiger partial charge on any atom is -0.381 e. The molecule has 1 heterocycles. The normalized spacial score (nSPS) is 29.5. The maximum Gasteiger partial charge on any atom is 0.113 e. The summed E-state index contributed by atoms with van der Waals surface area (Å²) in [7, 11) is 1.79. The molecule has 0 amide bonds. The summed E-state index contributed by atoms with van der Waals surface area (Å²) in [5.74, 6) is 0. The summed E-state index contributed by atoms with van der Waals surface area (Å²) in [4.78, 5) is 6.05. The molecular weight excluding hydrogens is 232 g/mol. The first-order valence-corrected chi connectivity index (χ1v) is 7.19. The van der Waals surface area contributed by atoms with Gasteiger partial charge in [0.2, 0.25) is 0 Å². The number of hydrogen-bond acceptors (Lipinski definition) is 4. The van der Waals surface area contributed by atoms with E-state index >= 15 is 0 Å². The van der Waals surface area contributed by atoms with Crippen molar-refractivity contribution in [1.29, 1.82) is 0 Å². The first kappa shape index (κ1) is 13.0. The summed E-state index contributed by atoms with van der Waals surface area (Å²) < 4.78 is 5.40. The summed E-state index contributed by atoms with van der Waals surface area (Å²) in [6, 6.07) is 0. The molecule has 0 bridgehead atoms. The van der Waals surface area contributed by atoms with Gasteiger partial charge in [0.25, 0.3) is 0 Å². The molecule has 2 N–H and O–H groups in total. The topological polar surface area (TPSA) is 48.1 Å². The zero-order chi connectivity index (χ0) is 12.5. The highest BCUT2D eigenvalue weighted by atomic mass is 32.1. The van der Waals surface area contributed by atoms with E-state index in [1.807, 2.05) is 0 Å². The molecule has 17 heavy (non-hydrogen) atoms. The molecule has 1 aliphatic rings. The highest BCUT2D eigenvalue weighted by Gasteiger charge is 2.36. The van der Waals surface area contributed by atoms with Gasteiger partial charge in [-0.2, -0.15) is 0 Å². The Morgan fingerprint density at radius 1 is 1.47 bits per heavy atom. The van der Waals surface area contributed by atoms with Crippen molar-refractivity contribution in [2.45, 2.75) is 57.6 Å². The van der Waals surface area contributed by atoms with Gasteiger partial charge >= 0.3 is 0 Å². The SMILES string of the molecule is CCc1nc(C2(N)CCC(OC)CC2)sc1C. The summed E-state index contributed by atoms with van der Waals surface area (Å²) in [5, 5.41) is 1.13. The van der Waals surface area contributed by atoms with Crippen molar-refractivity contribution in [2.24, 2.45) is 5.73 Å². The van der Waals surface area contributed by atoms with E-state index in [0.29, 0.717) is 6.10 Å². The lowest BCUT2D eigenvalue weighted by atomic mass is 9.81. The van der Waals surface area contributed by atoms with Crippen molar-refractivity contribution < 1.29 is 4.74 Å². The maximum atomic E-state index is 6.53. The van der Waals surface area contributed by atoms with Crippen molar-refractivity contribution in [3.63, 3.8) is 0 Å². The van der Waals surface area contributed by atoms with E-state index in [4.69, 9.17) is 15.5 Å². The number of aromatic nitrogens is 1. The van der Waals surface area contributed by atoms with Gasteiger partial charge in [-0.3, -0.25) is 0 Å². The quantitative estimate of drug-likeness (QED) is 0.902. The first-order valence-electron chi connectivity index (χ1n) is 6.37. The van der Waals surface area contributed by atoms with Crippen LogP contribution in [0.2, 0.25) is 0 Å². The van der Waals surface area contributed by atoms with Crippen molar-refractivity contribution >= 4 is 11.3 Å². The molecule has 1 fully saturated rings. The molecule has 1 aromatic heterocycles. The van der Waals surface area contributed by atoms with Crippen LogP contribution in [0.3, 0.4) is 0 Å². The van der Waals surface area contributed by atoms with Gasteiger partial charge in [0.1, 0.15) is 5.01 Å². The average molecular weight is 254 g/mol. The van der Waals surface area contributed by atoms with Crippen LogP contribution in [0.15, 0.2) is 0 Å². The Balaban J connectivity index is 2.15. The number of nitrogens with two attached hydrogens (primary N) is 1. The van der Waals surface area contributed by atoms with Crippen LogP contribution < -0.4 is 5.73 Å². The molecule has 4 heteroatoms. The fraction of sp³-hybridized carbons (Fsp3) is 0.769. The molecular formula is C13H22N2OS. The van der Waals surface area contributed by atoms with Crippen molar-refractivity contribution in [3.8, 4) is 0 Å². The Morgan fingerprint density at radius 3 is 2.59 bits per heavy atom. The van der Waals surface area contributed by atoms with Gasteiger partial charge in [0, 0.05) is 12.0 Å². The Morgan fingerprint density at radius 2 is 2.12 bits per heavy atom. The lowest BCUT2D eigenvalue weighted by Gasteiger charge is -2.35. The van der Waals surface area contributed by atoms with Crippen molar-refractivity contribution in [3.05, 3.63) is 15.6 Å². The Labute approximate surface area is 107 Å². The third kappa shape index (κ3) is 2.54. The fourth-order valence-electron chi connectivity index (χ4n) is 2.53. The molecule has 1 aromatic rings. The van der Waals surface area contributed by atoms with Crippen LogP contribution in [-0.2, 0) is 16.7 Å². The van der Waals surface area contributed by atoms with E-state index in [2.05, 4.69) is 13.8 Å². The van der Waals surface area contributed by atoms with Crippen molar-refractivity contribution in [1.82, 2.24) is 4.98 Å². The lowest BCUT2D eigenvalue weighted by Crippen LogP contribution is -2.41. The molecule has 0 radical (unpaired) electrons. The van der Waals surface area contributed by atoms with E-state index in [1.54, 1.807) is 18.4 Å². The van der Waals surface area contributed by atoms with Gasteiger partial charge in [-0.05, 0) is 39.0 Å². The average Bonchev–Trinajstić information content (AvgIpc) is 2.72. The molecule has 1 saturated carbocycles. The van der Waals surface area contributed by atoms with E-state index in [-0.39, 0.29) is 5.54 Å². The van der Waals surface area contributed by atoms with Gasteiger partial charge in [-0.1, -0.05) is 6.92 Å². The van der Waals surface area contributed by atoms with Gasteiger partial charge < -0.3 is 10.5 Å². The molecule has 0 aliphatic heterocycles. The van der Waals surface area contributed by atoms with Gasteiger partial charge in [-0.15, -0.1) is 11.3 Å². The highest BCUT2D eigenvalue weighted by molar-refractivity contribution is 7.11. The molecule has 3 nitrogen and oxygen atoms in total. The van der Waals surface area contributed by atoms with Gasteiger partial charge in [0.15, 0.2) is 0 Å². The molecule has 96 valence electrons. The maximum absolute atomic E-state index is 6.53. The van der Waals surface area contributed by atoms with Crippen LogP contribution in [0.4, 0.5) is 0 Å². The fourth-order valence-corrected chi connectivity index (χ4v) is 3.69. The van der Waals surface area contributed by atoms with Crippen molar-refractivity contribution in [2.75, 3.05) is 7.11 Å². The van der Waals surface area contributed by atoms with Gasteiger partial charge in [-0.25, -0.2) is 4.98 Å². The molecule has 0 unspecified atom stereocenters. The predicted molar refractivity (Wildman–Crippen MR) is 71.4 cm³/mol. The van der Waals surface area contributed by atoms with E-state index in [0.717, 1.165) is 37.1 Å². The minimum absolute atomic E-state index is 0.210. The molecule has 0 atom stereocenters. The zero-order valence-electron chi connectivity index (χ0n) is 11.0. The third-order valence-corrected chi connectivity index (χ3v) is 5.04. The van der Waals surface area contributed by atoms with Crippen LogP contribution in [0.5, 0.6) is 0 Å². The second-order valence-electron chi connectivity index (χ2n) is 4.97. The lowest BCUT2D eigenvalue weighted by molar-refractivity contribution is 0.0492. The number of thiazole rings is 1. The summed E-state index contributed by atoms with van der Waals surface area (Å²) in [6.07, 6.45) is 5.46.